The van der Waals surface area contributed by atoms with Crippen LogP contribution in [-0.2, 0) is 16.1 Å². The van der Waals surface area contributed by atoms with Crippen LogP contribution in [0.3, 0.4) is 0 Å². The molecule has 0 atom stereocenters. The van der Waals surface area contributed by atoms with Gasteiger partial charge in [-0.2, -0.15) is 0 Å². The van der Waals surface area contributed by atoms with E-state index in [2.05, 4.69) is 29.2 Å². The Morgan fingerprint density at radius 1 is 1.00 bits per heavy atom. The average molecular weight is 384 g/mol. The second kappa shape index (κ2) is 9.99. The standard InChI is InChI=1S/C22H28N2O4/c1-3-27-20-8-10-21(11-9-20)28-17-22(25)23(2)16-18-4-6-19(7-5-18)24-12-14-26-15-13-24/h4-11H,3,12-17H2,1-2H3. The van der Waals surface area contributed by atoms with Crippen molar-refractivity contribution in [1.82, 2.24) is 4.90 Å². The molecule has 6 nitrogen and oxygen atoms in total. The van der Waals surface area contributed by atoms with E-state index in [1.165, 1.54) is 5.69 Å². The zero-order chi connectivity index (χ0) is 19.8. The third-order valence-corrected chi connectivity index (χ3v) is 4.66. The Morgan fingerprint density at radius 2 is 1.61 bits per heavy atom. The number of morpholine rings is 1. The Hall–Kier alpha value is -2.73. The van der Waals surface area contributed by atoms with Crippen molar-refractivity contribution in [1.29, 1.82) is 0 Å². The van der Waals surface area contributed by atoms with E-state index in [1.807, 2.05) is 31.2 Å². The number of rotatable bonds is 8. The maximum absolute atomic E-state index is 12.4. The van der Waals surface area contributed by atoms with Gasteiger partial charge in [-0.05, 0) is 48.9 Å². The Balaban J connectivity index is 1.46. The van der Waals surface area contributed by atoms with Crippen molar-refractivity contribution in [3.05, 3.63) is 54.1 Å². The summed E-state index contributed by atoms with van der Waals surface area (Å²) >= 11 is 0. The molecule has 0 saturated carbocycles. The molecule has 1 fully saturated rings. The van der Waals surface area contributed by atoms with Gasteiger partial charge in [-0.25, -0.2) is 0 Å². The third kappa shape index (κ3) is 5.63. The van der Waals surface area contributed by atoms with Crippen LogP contribution in [0.4, 0.5) is 5.69 Å². The summed E-state index contributed by atoms with van der Waals surface area (Å²) in [4.78, 5) is 16.3. The van der Waals surface area contributed by atoms with E-state index in [1.54, 1.807) is 11.9 Å². The number of ether oxygens (including phenoxy) is 3. The number of likely N-dealkylation sites (N-methyl/N-ethyl adjacent to an activating group) is 1. The minimum absolute atomic E-state index is 0.0103. The van der Waals surface area contributed by atoms with Gasteiger partial charge in [0.15, 0.2) is 6.61 Å². The van der Waals surface area contributed by atoms with Gasteiger partial charge < -0.3 is 24.0 Å². The van der Waals surface area contributed by atoms with Crippen LogP contribution < -0.4 is 14.4 Å². The number of carbonyl (C=O) groups excluding carboxylic acids is 1. The summed E-state index contributed by atoms with van der Waals surface area (Å²) in [6.45, 7) is 6.50. The van der Waals surface area contributed by atoms with Crippen LogP contribution in [0.2, 0.25) is 0 Å². The first-order chi connectivity index (χ1) is 13.7. The lowest BCUT2D eigenvalue weighted by Crippen LogP contribution is -2.36. The molecule has 2 aromatic rings. The molecule has 2 aromatic carbocycles. The molecule has 0 bridgehead atoms. The molecule has 1 amide bonds. The highest BCUT2D eigenvalue weighted by molar-refractivity contribution is 5.77. The molecule has 0 aromatic heterocycles. The first-order valence-electron chi connectivity index (χ1n) is 9.67. The van der Waals surface area contributed by atoms with Crippen molar-refractivity contribution in [2.45, 2.75) is 13.5 Å². The van der Waals surface area contributed by atoms with Gasteiger partial charge in [0.25, 0.3) is 5.91 Å². The monoisotopic (exact) mass is 384 g/mol. The van der Waals surface area contributed by atoms with Crippen LogP contribution in [0.1, 0.15) is 12.5 Å². The molecule has 3 rings (SSSR count). The fourth-order valence-corrected chi connectivity index (χ4v) is 3.05. The zero-order valence-corrected chi connectivity index (χ0v) is 16.6. The highest BCUT2D eigenvalue weighted by atomic mass is 16.5. The SMILES string of the molecule is CCOc1ccc(OCC(=O)N(C)Cc2ccc(N3CCOCC3)cc2)cc1. The first kappa shape index (κ1) is 20.0. The Kier molecular flexibility index (Phi) is 7.14. The van der Waals surface area contributed by atoms with E-state index in [0.717, 1.165) is 37.6 Å². The molecule has 0 aliphatic carbocycles. The van der Waals surface area contributed by atoms with Gasteiger partial charge in [0.2, 0.25) is 0 Å². The molecule has 6 heteroatoms. The van der Waals surface area contributed by atoms with Gasteiger partial charge in [-0.3, -0.25) is 4.79 Å². The number of nitrogens with zero attached hydrogens (tertiary/aromatic N) is 2. The fraction of sp³-hybridized carbons (Fsp3) is 0.409. The van der Waals surface area contributed by atoms with Gasteiger partial charge in [0.05, 0.1) is 19.8 Å². The van der Waals surface area contributed by atoms with Crippen molar-refractivity contribution < 1.29 is 19.0 Å². The van der Waals surface area contributed by atoms with Gasteiger partial charge in [-0.15, -0.1) is 0 Å². The maximum Gasteiger partial charge on any atom is 0.260 e. The number of amides is 1. The molecule has 28 heavy (non-hydrogen) atoms. The Labute approximate surface area is 166 Å². The van der Waals surface area contributed by atoms with Crippen LogP contribution in [-0.4, -0.2) is 57.4 Å². The Morgan fingerprint density at radius 3 is 2.21 bits per heavy atom. The van der Waals surface area contributed by atoms with E-state index in [9.17, 15) is 4.79 Å². The summed E-state index contributed by atoms with van der Waals surface area (Å²) < 4.78 is 16.4. The normalized spacial score (nSPS) is 13.9. The summed E-state index contributed by atoms with van der Waals surface area (Å²) in [5.41, 5.74) is 2.29. The predicted octanol–water partition coefficient (Wildman–Crippen LogP) is 2.96. The summed E-state index contributed by atoms with van der Waals surface area (Å²) in [5.74, 6) is 1.38. The highest BCUT2D eigenvalue weighted by Gasteiger charge is 2.13. The molecule has 0 N–H and O–H groups in total. The summed E-state index contributed by atoms with van der Waals surface area (Å²) in [5, 5.41) is 0. The van der Waals surface area contributed by atoms with Crippen LogP contribution in [0.25, 0.3) is 0 Å². The topological polar surface area (TPSA) is 51.2 Å². The summed E-state index contributed by atoms with van der Waals surface area (Å²) in [6, 6.07) is 15.6. The van der Waals surface area contributed by atoms with Gasteiger partial charge in [-0.1, -0.05) is 12.1 Å². The summed E-state index contributed by atoms with van der Waals surface area (Å²) in [6.07, 6.45) is 0. The number of anilines is 1. The van der Waals surface area contributed by atoms with Crippen molar-refractivity contribution in [3.63, 3.8) is 0 Å². The first-order valence-corrected chi connectivity index (χ1v) is 9.67. The second-order valence-corrected chi connectivity index (χ2v) is 6.71. The highest BCUT2D eigenvalue weighted by Crippen LogP contribution is 2.19. The van der Waals surface area contributed by atoms with Crippen molar-refractivity contribution >= 4 is 11.6 Å². The van der Waals surface area contributed by atoms with E-state index in [-0.39, 0.29) is 12.5 Å². The van der Waals surface area contributed by atoms with Crippen LogP contribution in [0, 0.1) is 0 Å². The van der Waals surface area contributed by atoms with Crippen LogP contribution >= 0.6 is 0 Å². The molecule has 1 saturated heterocycles. The molecule has 1 aliphatic heterocycles. The molecule has 150 valence electrons. The van der Waals surface area contributed by atoms with Gasteiger partial charge in [0, 0.05) is 32.4 Å². The van der Waals surface area contributed by atoms with Gasteiger partial charge in [0.1, 0.15) is 11.5 Å². The largest absolute Gasteiger partial charge is 0.494 e. The lowest BCUT2D eigenvalue weighted by Gasteiger charge is -2.29. The van der Waals surface area contributed by atoms with Gasteiger partial charge >= 0.3 is 0 Å². The molecule has 0 radical (unpaired) electrons. The van der Waals surface area contributed by atoms with Crippen LogP contribution in [0.15, 0.2) is 48.5 Å². The molecule has 0 spiro atoms. The fourth-order valence-electron chi connectivity index (χ4n) is 3.05. The van der Waals surface area contributed by atoms with E-state index >= 15 is 0 Å². The lowest BCUT2D eigenvalue weighted by atomic mass is 10.1. The van der Waals surface area contributed by atoms with E-state index in [0.29, 0.717) is 18.9 Å². The van der Waals surface area contributed by atoms with Crippen molar-refractivity contribution in [3.8, 4) is 11.5 Å². The second-order valence-electron chi connectivity index (χ2n) is 6.71. The molecular formula is C22H28N2O4. The Bertz CT molecular complexity index is 740. The minimum Gasteiger partial charge on any atom is -0.494 e. The maximum atomic E-state index is 12.4. The number of benzene rings is 2. The lowest BCUT2D eigenvalue weighted by molar-refractivity contribution is -0.132. The van der Waals surface area contributed by atoms with E-state index in [4.69, 9.17) is 14.2 Å². The number of hydrogen-bond acceptors (Lipinski definition) is 5. The summed E-state index contributed by atoms with van der Waals surface area (Å²) in [7, 11) is 1.79. The molecular weight excluding hydrogens is 356 g/mol. The van der Waals surface area contributed by atoms with Crippen molar-refractivity contribution in [2.24, 2.45) is 0 Å². The molecule has 0 unspecified atom stereocenters. The number of hydrogen-bond donors (Lipinski definition) is 0. The van der Waals surface area contributed by atoms with Crippen LogP contribution in [0.5, 0.6) is 11.5 Å². The zero-order valence-electron chi connectivity index (χ0n) is 16.6. The minimum atomic E-state index is -0.0638. The van der Waals surface area contributed by atoms with Crippen molar-refractivity contribution in [2.75, 3.05) is 51.5 Å². The average Bonchev–Trinajstić information content (AvgIpc) is 2.74. The smallest absolute Gasteiger partial charge is 0.260 e. The quantitative estimate of drug-likeness (QED) is 0.700. The number of carbonyl (C=O) groups is 1. The molecule has 1 aliphatic rings. The molecule has 1 heterocycles. The van der Waals surface area contributed by atoms with E-state index < -0.39 is 0 Å². The predicted molar refractivity (Wildman–Crippen MR) is 109 cm³/mol. The third-order valence-electron chi connectivity index (χ3n) is 4.66.